The lowest BCUT2D eigenvalue weighted by atomic mass is 9.98. The van der Waals surface area contributed by atoms with E-state index in [0.717, 1.165) is 48.2 Å². The van der Waals surface area contributed by atoms with Crippen molar-refractivity contribution in [2.24, 2.45) is 0 Å². The fraction of sp³-hybridized carbons (Fsp3) is 0.400. The molecule has 1 saturated carbocycles. The van der Waals surface area contributed by atoms with Gasteiger partial charge in [0.1, 0.15) is 5.75 Å². The molecule has 3 aromatic rings. The van der Waals surface area contributed by atoms with Gasteiger partial charge in [-0.15, -0.1) is 0 Å². The first-order valence-electron chi connectivity index (χ1n) is 10.7. The van der Waals surface area contributed by atoms with Gasteiger partial charge < -0.3 is 14.4 Å². The Labute approximate surface area is 172 Å². The summed E-state index contributed by atoms with van der Waals surface area (Å²) in [6.07, 6.45) is 8.89. The molecule has 0 unspecified atom stereocenters. The third-order valence-corrected chi connectivity index (χ3v) is 5.81. The maximum atomic E-state index is 11.0. The fourth-order valence-corrected chi connectivity index (χ4v) is 4.30. The molecule has 1 fully saturated rings. The molecule has 0 spiro atoms. The van der Waals surface area contributed by atoms with Gasteiger partial charge in [0.15, 0.2) is 0 Å². The summed E-state index contributed by atoms with van der Waals surface area (Å²) in [5, 5.41) is 10.3. The summed E-state index contributed by atoms with van der Waals surface area (Å²) in [4.78, 5) is 11.0. The number of benzene rings is 2. The summed E-state index contributed by atoms with van der Waals surface area (Å²) in [6.45, 7) is 3.21. The Morgan fingerprint density at radius 3 is 2.72 bits per heavy atom. The minimum absolute atomic E-state index is 0.140. The van der Waals surface area contributed by atoms with E-state index in [1.807, 2.05) is 12.1 Å². The Kier molecular flexibility index (Phi) is 5.89. The van der Waals surface area contributed by atoms with Crippen LogP contribution in [-0.2, 0) is 17.8 Å². The Hall–Kier alpha value is -2.75. The molecule has 29 heavy (non-hydrogen) atoms. The summed E-state index contributed by atoms with van der Waals surface area (Å²) < 4.78 is 8.67. The third-order valence-electron chi connectivity index (χ3n) is 5.81. The van der Waals surface area contributed by atoms with E-state index in [0.29, 0.717) is 6.42 Å². The minimum atomic E-state index is -0.767. The maximum absolute atomic E-state index is 11.0. The number of hydrogen-bond donors (Lipinski definition) is 1. The highest BCUT2D eigenvalue weighted by Gasteiger charge is 2.19. The van der Waals surface area contributed by atoms with Crippen molar-refractivity contribution in [3.05, 3.63) is 54.2 Å². The predicted octanol–water partition coefficient (Wildman–Crippen LogP) is 6.06. The largest absolute Gasteiger partial charge is 0.490 e. The van der Waals surface area contributed by atoms with E-state index < -0.39 is 5.97 Å². The van der Waals surface area contributed by atoms with E-state index in [1.165, 1.54) is 23.7 Å². The smallest absolute Gasteiger partial charge is 0.303 e. The van der Waals surface area contributed by atoms with E-state index >= 15 is 0 Å². The molecule has 0 amide bonds. The van der Waals surface area contributed by atoms with Gasteiger partial charge in [-0.2, -0.15) is 0 Å². The number of carboxylic acids is 1. The first kappa shape index (κ1) is 19.6. The quantitative estimate of drug-likeness (QED) is 0.508. The number of nitrogens with zero attached hydrogens (tertiary/aromatic N) is 1. The van der Waals surface area contributed by atoms with Crippen LogP contribution in [0.4, 0.5) is 0 Å². The van der Waals surface area contributed by atoms with Crippen LogP contribution in [0.2, 0.25) is 0 Å². The molecule has 0 atom stereocenters. The number of hydrogen-bond acceptors (Lipinski definition) is 2. The zero-order chi connectivity index (χ0) is 20.2. The molecule has 1 aliphatic rings. The van der Waals surface area contributed by atoms with Crippen LogP contribution in [0.15, 0.2) is 48.7 Å². The summed E-state index contributed by atoms with van der Waals surface area (Å²) >= 11 is 0. The number of carboxylic acid groups (broad SMARTS) is 1. The van der Waals surface area contributed by atoms with Crippen molar-refractivity contribution < 1.29 is 14.6 Å². The first-order valence-corrected chi connectivity index (χ1v) is 10.7. The predicted molar refractivity (Wildman–Crippen MR) is 117 cm³/mol. The molecule has 4 nitrogen and oxygen atoms in total. The number of aliphatic carboxylic acids is 1. The SMILES string of the molecule is CCCn1ccc2cc(-c3cc(CCC(=O)O)ccc3OC3CCCC3)ccc21. The van der Waals surface area contributed by atoms with Crippen molar-refractivity contribution in [1.82, 2.24) is 4.57 Å². The average molecular weight is 392 g/mol. The van der Waals surface area contributed by atoms with Crippen molar-refractivity contribution in [1.29, 1.82) is 0 Å². The van der Waals surface area contributed by atoms with Gasteiger partial charge in [-0.1, -0.05) is 19.1 Å². The van der Waals surface area contributed by atoms with E-state index in [-0.39, 0.29) is 12.5 Å². The van der Waals surface area contributed by atoms with Gasteiger partial charge >= 0.3 is 5.97 Å². The monoisotopic (exact) mass is 391 g/mol. The summed E-state index contributed by atoms with van der Waals surface area (Å²) in [7, 11) is 0. The van der Waals surface area contributed by atoms with Gasteiger partial charge in [-0.25, -0.2) is 0 Å². The second-order valence-electron chi connectivity index (χ2n) is 8.03. The molecule has 1 N–H and O–H groups in total. The number of aromatic nitrogens is 1. The second-order valence-corrected chi connectivity index (χ2v) is 8.03. The molecule has 4 rings (SSSR count). The summed E-state index contributed by atoms with van der Waals surface area (Å²) in [5.74, 6) is 0.139. The van der Waals surface area contributed by atoms with Crippen molar-refractivity contribution >= 4 is 16.9 Å². The van der Waals surface area contributed by atoms with Crippen LogP contribution in [0.5, 0.6) is 5.75 Å². The van der Waals surface area contributed by atoms with Crippen LogP contribution >= 0.6 is 0 Å². The first-order chi connectivity index (χ1) is 14.1. The Bertz CT molecular complexity index is 998. The lowest BCUT2D eigenvalue weighted by Crippen LogP contribution is -2.11. The topological polar surface area (TPSA) is 51.5 Å². The molecular weight excluding hydrogens is 362 g/mol. The highest BCUT2D eigenvalue weighted by atomic mass is 16.5. The van der Waals surface area contributed by atoms with E-state index in [9.17, 15) is 4.79 Å². The fourth-order valence-electron chi connectivity index (χ4n) is 4.30. The Morgan fingerprint density at radius 1 is 1.14 bits per heavy atom. The molecule has 4 heteroatoms. The highest BCUT2D eigenvalue weighted by Crippen LogP contribution is 2.36. The molecule has 0 radical (unpaired) electrons. The van der Waals surface area contributed by atoms with Gasteiger partial charge in [0.2, 0.25) is 0 Å². The Balaban J connectivity index is 1.70. The van der Waals surface area contributed by atoms with Crippen LogP contribution < -0.4 is 4.74 Å². The van der Waals surface area contributed by atoms with Crippen molar-refractivity contribution in [3.8, 4) is 16.9 Å². The van der Waals surface area contributed by atoms with Crippen molar-refractivity contribution in [2.75, 3.05) is 0 Å². The zero-order valence-electron chi connectivity index (χ0n) is 17.1. The lowest BCUT2D eigenvalue weighted by Gasteiger charge is -2.18. The molecule has 152 valence electrons. The zero-order valence-corrected chi connectivity index (χ0v) is 17.1. The van der Waals surface area contributed by atoms with Gasteiger partial charge in [-0.3, -0.25) is 4.79 Å². The summed E-state index contributed by atoms with van der Waals surface area (Å²) in [6, 6.07) is 14.9. The number of ether oxygens (including phenoxy) is 1. The highest BCUT2D eigenvalue weighted by molar-refractivity contribution is 5.87. The number of carbonyl (C=O) groups is 1. The molecule has 0 aliphatic heterocycles. The molecule has 0 bridgehead atoms. The minimum Gasteiger partial charge on any atom is -0.490 e. The van der Waals surface area contributed by atoms with E-state index in [2.05, 4.69) is 48.0 Å². The van der Waals surface area contributed by atoms with Gasteiger partial charge in [0.25, 0.3) is 0 Å². The standard InChI is InChI=1S/C25H29NO3/c1-2-14-26-15-13-20-17-19(9-10-23(20)26)22-16-18(8-12-25(27)28)7-11-24(22)29-21-5-3-4-6-21/h7,9-11,13,15-17,21H,2-6,8,12,14H2,1H3,(H,27,28). The normalized spacial score (nSPS) is 14.5. The van der Waals surface area contributed by atoms with Crippen LogP contribution in [0.25, 0.3) is 22.0 Å². The average Bonchev–Trinajstić information content (AvgIpc) is 3.37. The van der Waals surface area contributed by atoms with E-state index in [1.54, 1.807) is 0 Å². The van der Waals surface area contributed by atoms with Crippen LogP contribution in [0.3, 0.4) is 0 Å². The number of rotatable bonds is 8. The molecular formula is C25H29NO3. The second kappa shape index (κ2) is 8.73. The van der Waals surface area contributed by atoms with Crippen LogP contribution in [0.1, 0.15) is 51.0 Å². The van der Waals surface area contributed by atoms with Crippen LogP contribution in [0, 0.1) is 0 Å². The van der Waals surface area contributed by atoms with Gasteiger partial charge in [0.05, 0.1) is 6.10 Å². The lowest BCUT2D eigenvalue weighted by molar-refractivity contribution is -0.136. The maximum Gasteiger partial charge on any atom is 0.303 e. The van der Waals surface area contributed by atoms with Crippen LogP contribution in [-0.4, -0.2) is 21.7 Å². The number of fused-ring (bicyclic) bond motifs is 1. The Morgan fingerprint density at radius 2 is 1.97 bits per heavy atom. The van der Waals surface area contributed by atoms with Gasteiger partial charge in [-0.05, 0) is 80.0 Å². The molecule has 1 aromatic heterocycles. The summed E-state index contributed by atoms with van der Waals surface area (Å²) in [5.41, 5.74) is 4.46. The number of aryl methyl sites for hydroxylation is 2. The van der Waals surface area contributed by atoms with Crippen molar-refractivity contribution in [3.63, 3.8) is 0 Å². The third kappa shape index (κ3) is 4.47. The van der Waals surface area contributed by atoms with Crippen molar-refractivity contribution in [2.45, 2.75) is 64.5 Å². The molecule has 2 aromatic carbocycles. The molecule has 1 aliphatic carbocycles. The molecule has 1 heterocycles. The van der Waals surface area contributed by atoms with Gasteiger partial charge in [0, 0.05) is 35.6 Å². The molecule has 0 saturated heterocycles. The van der Waals surface area contributed by atoms with E-state index in [4.69, 9.17) is 9.84 Å².